The molecule has 0 saturated carbocycles. The maximum absolute atomic E-state index is 11.2. The fraction of sp³-hybridized carbons (Fsp3) is 0.727. The van der Waals surface area contributed by atoms with E-state index in [2.05, 4.69) is 14.7 Å². The third-order valence-electron chi connectivity index (χ3n) is 2.68. The summed E-state index contributed by atoms with van der Waals surface area (Å²) in [5.41, 5.74) is -0.803. The Morgan fingerprint density at radius 1 is 1.61 bits per heavy atom. The molecule has 102 valence electrons. The number of carbonyl (C=O) groups is 1. The molecule has 5 nitrogen and oxygen atoms in total. The smallest absolute Gasteiger partial charge is 0.323 e. The molecule has 1 aromatic rings. The van der Waals surface area contributed by atoms with Gasteiger partial charge in [-0.25, -0.2) is 4.98 Å². The van der Waals surface area contributed by atoms with E-state index in [4.69, 9.17) is 0 Å². The number of unbranched alkanes of at least 4 members (excludes halogenated alkanes) is 1. The Morgan fingerprint density at radius 2 is 2.39 bits per heavy atom. The molecule has 0 aliphatic rings. The molecule has 1 aromatic heterocycles. The first kappa shape index (κ1) is 15.4. The normalized spacial score (nSPS) is 14.3. The highest BCUT2D eigenvalue weighted by Gasteiger charge is 2.30. The summed E-state index contributed by atoms with van der Waals surface area (Å²) in [6, 6.07) is 0. The highest BCUT2D eigenvalue weighted by molar-refractivity contribution is 8.00. The minimum Gasteiger partial charge on any atom is -0.480 e. The molecule has 2 N–H and O–H groups in total. The van der Waals surface area contributed by atoms with Gasteiger partial charge in [-0.15, -0.1) is 0 Å². The van der Waals surface area contributed by atoms with E-state index in [1.54, 1.807) is 25.0 Å². The average molecular weight is 289 g/mol. The molecule has 1 heterocycles. The molecule has 0 saturated heterocycles. The van der Waals surface area contributed by atoms with Gasteiger partial charge in [-0.3, -0.25) is 4.79 Å². The average Bonchev–Trinajstić information content (AvgIpc) is 2.81. The van der Waals surface area contributed by atoms with Crippen molar-refractivity contribution in [2.75, 3.05) is 12.3 Å². The van der Waals surface area contributed by atoms with Crippen LogP contribution in [0.25, 0.3) is 0 Å². The van der Waals surface area contributed by atoms with E-state index in [0.29, 0.717) is 13.0 Å². The Morgan fingerprint density at radius 3 is 2.94 bits per heavy atom. The lowest BCUT2D eigenvalue weighted by molar-refractivity contribution is -0.144. The number of aromatic nitrogens is 2. The van der Waals surface area contributed by atoms with Crippen LogP contribution < -0.4 is 5.32 Å². The van der Waals surface area contributed by atoms with E-state index in [0.717, 1.165) is 22.9 Å². The fourth-order valence-corrected chi connectivity index (χ4v) is 3.14. The van der Waals surface area contributed by atoms with Crippen molar-refractivity contribution in [2.24, 2.45) is 0 Å². The molecule has 0 aliphatic carbocycles. The third kappa shape index (κ3) is 4.91. The molecule has 1 unspecified atom stereocenters. The largest absolute Gasteiger partial charge is 0.480 e. The Balaban J connectivity index is 2.21. The summed E-state index contributed by atoms with van der Waals surface area (Å²) < 4.78 is 4.90. The molecular formula is C11H19N3O2S2. The van der Waals surface area contributed by atoms with Crippen LogP contribution in [0.1, 0.15) is 33.1 Å². The lowest BCUT2D eigenvalue weighted by atomic mass is 9.95. The Kier molecular flexibility index (Phi) is 6.59. The van der Waals surface area contributed by atoms with Gasteiger partial charge < -0.3 is 10.4 Å². The van der Waals surface area contributed by atoms with E-state index in [-0.39, 0.29) is 0 Å². The Labute approximate surface area is 116 Å². The van der Waals surface area contributed by atoms with Crippen molar-refractivity contribution in [2.45, 2.75) is 43.0 Å². The first-order valence-electron chi connectivity index (χ1n) is 5.96. The number of carboxylic acids is 1. The predicted octanol–water partition coefficient (Wildman–Crippen LogP) is 2.25. The molecule has 0 bridgehead atoms. The number of thioether (sulfide) groups is 1. The van der Waals surface area contributed by atoms with Gasteiger partial charge >= 0.3 is 5.97 Å². The number of nitrogens with zero attached hydrogens (tertiary/aromatic N) is 2. The summed E-state index contributed by atoms with van der Waals surface area (Å²) in [5.74, 6) is 0.179. The number of carboxylic acid groups (broad SMARTS) is 1. The number of nitrogens with one attached hydrogen (secondary N) is 1. The topological polar surface area (TPSA) is 75.1 Å². The minimum atomic E-state index is -0.803. The van der Waals surface area contributed by atoms with Gasteiger partial charge in [0.1, 0.15) is 11.9 Å². The quantitative estimate of drug-likeness (QED) is 0.536. The number of likely N-dealkylation sites (N-methyl/N-ethyl adjacent to an activating group) is 1. The molecule has 1 rings (SSSR count). The molecule has 0 spiro atoms. The van der Waals surface area contributed by atoms with Crippen LogP contribution in [0.3, 0.4) is 0 Å². The van der Waals surface area contributed by atoms with E-state index in [9.17, 15) is 9.90 Å². The summed E-state index contributed by atoms with van der Waals surface area (Å²) in [6.07, 6.45) is 4.08. The fourth-order valence-electron chi connectivity index (χ4n) is 1.63. The van der Waals surface area contributed by atoms with E-state index < -0.39 is 11.5 Å². The van der Waals surface area contributed by atoms with Crippen molar-refractivity contribution >= 4 is 29.3 Å². The lowest BCUT2D eigenvalue weighted by Gasteiger charge is -2.25. The van der Waals surface area contributed by atoms with Gasteiger partial charge in [-0.2, -0.15) is 4.37 Å². The SMILES string of the molecule is CCNC(C)(CCCCSc1ncns1)C(=O)O. The molecule has 0 fully saturated rings. The molecule has 0 amide bonds. The zero-order valence-corrected chi connectivity index (χ0v) is 12.3. The van der Waals surface area contributed by atoms with E-state index >= 15 is 0 Å². The summed E-state index contributed by atoms with van der Waals surface area (Å²) in [4.78, 5) is 15.3. The summed E-state index contributed by atoms with van der Waals surface area (Å²) in [6.45, 7) is 4.34. The van der Waals surface area contributed by atoms with Crippen LogP contribution in [0.15, 0.2) is 10.7 Å². The zero-order valence-electron chi connectivity index (χ0n) is 10.7. The molecule has 1 atom stereocenters. The first-order valence-corrected chi connectivity index (χ1v) is 7.72. The molecule has 0 radical (unpaired) electrons. The van der Waals surface area contributed by atoms with Gasteiger partial charge in [0.25, 0.3) is 0 Å². The third-order valence-corrected chi connectivity index (χ3v) is 4.56. The van der Waals surface area contributed by atoms with Crippen molar-refractivity contribution in [3.05, 3.63) is 6.33 Å². The van der Waals surface area contributed by atoms with Crippen LogP contribution in [0.4, 0.5) is 0 Å². The Bertz CT molecular complexity index is 359. The van der Waals surface area contributed by atoms with Crippen LogP contribution in [0.2, 0.25) is 0 Å². The highest BCUT2D eigenvalue weighted by Crippen LogP contribution is 2.21. The standard InChI is InChI=1S/C11H19N3O2S2/c1-3-13-11(2,9(15)16)6-4-5-7-17-10-12-8-14-18-10/h8,13H,3-7H2,1-2H3,(H,15,16). The zero-order chi connectivity index (χ0) is 13.4. The van der Waals surface area contributed by atoms with Crippen molar-refractivity contribution in [1.29, 1.82) is 0 Å². The second-order valence-electron chi connectivity index (χ2n) is 4.18. The van der Waals surface area contributed by atoms with Crippen LogP contribution in [0, 0.1) is 0 Å². The van der Waals surface area contributed by atoms with E-state index in [1.807, 2.05) is 6.92 Å². The highest BCUT2D eigenvalue weighted by atomic mass is 32.2. The van der Waals surface area contributed by atoms with Crippen molar-refractivity contribution < 1.29 is 9.90 Å². The van der Waals surface area contributed by atoms with Crippen LogP contribution in [-0.2, 0) is 4.79 Å². The maximum atomic E-state index is 11.2. The summed E-state index contributed by atoms with van der Waals surface area (Å²) in [5, 5.41) is 12.2. The molecule has 0 aliphatic heterocycles. The van der Waals surface area contributed by atoms with Crippen molar-refractivity contribution in [3.8, 4) is 0 Å². The van der Waals surface area contributed by atoms with Gasteiger partial charge in [0.2, 0.25) is 0 Å². The summed E-state index contributed by atoms with van der Waals surface area (Å²) >= 11 is 3.07. The minimum absolute atomic E-state index is 0.646. The lowest BCUT2D eigenvalue weighted by Crippen LogP contribution is -2.49. The molecular weight excluding hydrogens is 270 g/mol. The van der Waals surface area contributed by atoms with Crippen molar-refractivity contribution in [1.82, 2.24) is 14.7 Å². The molecule has 18 heavy (non-hydrogen) atoms. The second kappa shape index (κ2) is 7.70. The first-order chi connectivity index (χ1) is 8.58. The van der Waals surface area contributed by atoms with E-state index in [1.165, 1.54) is 11.5 Å². The molecule has 7 heteroatoms. The van der Waals surface area contributed by atoms with Crippen LogP contribution >= 0.6 is 23.3 Å². The van der Waals surface area contributed by atoms with Gasteiger partial charge in [0.15, 0.2) is 4.34 Å². The molecule has 0 aromatic carbocycles. The predicted molar refractivity (Wildman–Crippen MR) is 74.2 cm³/mol. The van der Waals surface area contributed by atoms with Crippen LogP contribution in [-0.4, -0.2) is 38.3 Å². The maximum Gasteiger partial charge on any atom is 0.323 e. The Hall–Kier alpha value is -0.660. The summed E-state index contributed by atoms with van der Waals surface area (Å²) in [7, 11) is 0. The monoisotopic (exact) mass is 289 g/mol. The van der Waals surface area contributed by atoms with Gasteiger partial charge in [-0.05, 0) is 37.8 Å². The van der Waals surface area contributed by atoms with Crippen LogP contribution in [0.5, 0.6) is 0 Å². The number of aliphatic carboxylic acids is 1. The van der Waals surface area contributed by atoms with Gasteiger partial charge in [0, 0.05) is 5.75 Å². The number of hydrogen-bond donors (Lipinski definition) is 2. The van der Waals surface area contributed by atoms with Gasteiger partial charge in [0.05, 0.1) is 0 Å². The van der Waals surface area contributed by atoms with Crippen molar-refractivity contribution in [3.63, 3.8) is 0 Å². The second-order valence-corrected chi connectivity index (χ2v) is 6.30. The number of rotatable bonds is 9. The van der Waals surface area contributed by atoms with Gasteiger partial charge in [-0.1, -0.05) is 25.1 Å². The number of hydrogen-bond acceptors (Lipinski definition) is 6.